The lowest BCUT2D eigenvalue weighted by molar-refractivity contribution is -0.125. The minimum atomic E-state index is -0.886. The van der Waals surface area contributed by atoms with Crippen LogP contribution in [0.4, 0.5) is 9.59 Å². The highest BCUT2D eigenvalue weighted by Gasteiger charge is 2.35. The fraction of sp³-hybridized carbons (Fsp3) is 0.400. The van der Waals surface area contributed by atoms with Crippen molar-refractivity contribution in [3.05, 3.63) is 105 Å². The summed E-state index contributed by atoms with van der Waals surface area (Å²) in [5.41, 5.74) is 5.59. The first-order chi connectivity index (χ1) is 23.5. The molecule has 1 fully saturated rings. The first-order valence-electron chi connectivity index (χ1n) is 16.1. The summed E-state index contributed by atoms with van der Waals surface area (Å²) in [6.45, 7) is 0.621. The first-order valence-corrected chi connectivity index (χ1v) is 17.8. The van der Waals surface area contributed by atoms with Gasteiger partial charge in [0.15, 0.2) is 0 Å². The molecule has 0 unspecified atom stereocenters. The Morgan fingerprint density at radius 1 is 0.833 bits per heavy atom. The summed E-state index contributed by atoms with van der Waals surface area (Å²) in [6, 6.07) is 18.3. The van der Waals surface area contributed by atoms with E-state index in [2.05, 4.69) is 25.9 Å². The van der Waals surface area contributed by atoms with E-state index in [0.29, 0.717) is 32.2 Å². The summed E-state index contributed by atoms with van der Waals surface area (Å²) < 4.78 is 10.9. The van der Waals surface area contributed by atoms with E-state index in [0.717, 1.165) is 33.7 Å². The molecule has 3 atom stereocenters. The lowest BCUT2D eigenvalue weighted by atomic mass is 9.96. The zero-order valence-electron chi connectivity index (χ0n) is 27.0. The van der Waals surface area contributed by atoms with Crippen LogP contribution in [-0.2, 0) is 40.3 Å². The Kier molecular flexibility index (Phi) is 13.3. The molecule has 4 amide bonds. The molecule has 0 spiro atoms. The molecular weight excluding hydrogens is 649 g/mol. The zero-order chi connectivity index (χ0) is 33.6. The molecule has 1 aliphatic carbocycles. The van der Waals surface area contributed by atoms with Gasteiger partial charge in [-0.2, -0.15) is 0 Å². The van der Waals surface area contributed by atoms with Gasteiger partial charge in [-0.05, 0) is 49.7 Å². The first kappa shape index (κ1) is 35.0. The minimum Gasteiger partial charge on any atom is -0.444 e. The molecule has 0 saturated heterocycles. The number of carbonyl (C=O) groups excluding carboxylic acids is 3. The summed E-state index contributed by atoms with van der Waals surface area (Å²) in [5, 5.41) is 9.16. The van der Waals surface area contributed by atoms with E-state index in [1.807, 2.05) is 60.7 Å². The van der Waals surface area contributed by atoms with Crippen LogP contribution in [0.3, 0.4) is 0 Å². The summed E-state index contributed by atoms with van der Waals surface area (Å²) >= 11 is 2.93. The van der Waals surface area contributed by atoms with Crippen LogP contribution < -0.4 is 16.0 Å². The molecule has 1 saturated carbocycles. The highest BCUT2D eigenvalue weighted by molar-refractivity contribution is 7.09. The molecule has 0 bridgehead atoms. The van der Waals surface area contributed by atoms with Crippen molar-refractivity contribution in [3.8, 4) is 0 Å². The molecule has 13 heteroatoms. The maximum absolute atomic E-state index is 13.8. The largest absolute Gasteiger partial charge is 0.444 e. The number of thiazole rings is 2. The maximum Gasteiger partial charge on any atom is 0.407 e. The van der Waals surface area contributed by atoms with Crippen LogP contribution in [0.25, 0.3) is 0 Å². The Morgan fingerprint density at radius 3 is 1.96 bits per heavy atom. The highest BCUT2D eigenvalue weighted by atomic mass is 32.1. The topological polar surface area (TPSA) is 135 Å². The molecule has 48 heavy (non-hydrogen) atoms. The lowest BCUT2D eigenvalue weighted by Gasteiger charge is -2.28. The zero-order valence-corrected chi connectivity index (χ0v) is 28.6. The van der Waals surface area contributed by atoms with Crippen LogP contribution in [0.15, 0.2) is 84.1 Å². The lowest BCUT2D eigenvalue weighted by Crippen LogP contribution is -2.55. The number of amides is 4. The summed E-state index contributed by atoms with van der Waals surface area (Å²) in [6.07, 6.45) is 7.13. The van der Waals surface area contributed by atoms with E-state index in [1.165, 1.54) is 29.8 Å². The second-order valence-electron chi connectivity index (χ2n) is 11.8. The SMILES string of the molecule is COC[C@H](NC(=O)N(Cc1cncs1)C1CC1)C(=O)N[C@@H](CC[C@@H](Cc1ccccc1)NC(=O)OCc1cncs1)Cc1ccccc1. The quantitative estimate of drug-likeness (QED) is 0.128. The monoisotopic (exact) mass is 690 g/mol. The Balaban J connectivity index is 1.25. The summed E-state index contributed by atoms with van der Waals surface area (Å²) in [7, 11) is 1.51. The number of urea groups is 1. The van der Waals surface area contributed by atoms with E-state index >= 15 is 0 Å². The van der Waals surface area contributed by atoms with Crippen molar-refractivity contribution in [2.75, 3.05) is 13.7 Å². The molecule has 2 aromatic heterocycles. The molecule has 1 aliphatic rings. The van der Waals surface area contributed by atoms with Crippen molar-refractivity contribution < 1.29 is 23.9 Å². The molecule has 4 aromatic rings. The molecule has 11 nitrogen and oxygen atoms in total. The van der Waals surface area contributed by atoms with Crippen molar-refractivity contribution in [3.63, 3.8) is 0 Å². The average molecular weight is 691 g/mol. The molecule has 0 aliphatic heterocycles. The number of methoxy groups -OCH3 is 1. The third kappa shape index (κ3) is 11.4. The fourth-order valence-corrected chi connectivity index (χ4v) is 6.53. The van der Waals surface area contributed by atoms with Gasteiger partial charge in [-0.15, -0.1) is 22.7 Å². The highest BCUT2D eigenvalue weighted by Crippen LogP contribution is 2.29. The summed E-state index contributed by atoms with van der Waals surface area (Å²) in [5.74, 6) is -0.323. The van der Waals surface area contributed by atoms with Crippen molar-refractivity contribution in [2.45, 2.75) is 75.8 Å². The predicted octanol–water partition coefficient (Wildman–Crippen LogP) is 5.33. The Hall–Kier alpha value is -4.33. The van der Waals surface area contributed by atoms with E-state index in [1.54, 1.807) is 28.3 Å². The van der Waals surface area contributed by atoms with Gasteiger partial charge < -0.3 is 30.3 Å². The van der Waals surface area contributed by atoms with Crippen LogP contribution in [0, 0.1) is 0 Å². The van der Waals surface area contributed by atoms with Crippen LogP contribution >= 0.6 is 22.7 Å². The number of alkyl carbamates (subject to hydrolysis) is 1. The molecule has 3 N–H and O–H groups in total. The van der Waals surface area contributed by atoms with Gasteiger partial charge in [0, 0.05) is 42.5 Å². The normalized spacial score (nSPS) is 14.4. The smallest absolute Gasteiger partial charge is 0.407 e. The van der Waals surface area contributed by atoms with E-state index in [-0.39, 0.29) is 43.3 Å². The third-order valence-electron chi connectivity index (χ3n) is 8.02. The van der Waals surface area contributed by atoms with Gasteiger partial charge in [0.2, 0.25) is 5.91 Å². The number of rotatable bonds is 18. The van der Waals surface area contributed by atoms with Gasteiger partial charge >= 0.3 is 12.1 Å². The van der Waals surface area contributed by atoms with Gasteiger partial charge in [0.25, 0.3) is 0 Å². The minimum absolute atomic E-state index is 0.0263. The number of nitrogens with zero attached hydrogens (tertiary/aromatic N) is 3. The van der Waals surface area contributed by atoms with Crippen LogP contribution in [0.1, 0.15) is 46.6 Å². The maximum atomic E-state index is 13.8. The number of nitrogens with one attached hydrogen (secondary N) is 3. The summed E-state index contributed by atoms with van der Waals surface area (Å²) in [4.78, 5) is 51.9. The van der Waals surface area contributed by atoms with Crippen LogP contribution in [-0.4, -0.2) is 70.8 Å². The molecule has 0 radical (unpaired) electrons. The second-order valence-corrected chi connectivity index (χ2v) is 13.8. The van der Waals surface area contributed by atoms with Crippen molar-refractivity contribution in [2.24, 2.45) is 0 Å². The van der Waals surface area contributed by atoms with E-state index < -0.39 is 12.1 Å². The van der Waals surface area contributed by atoms with E-state index in [9.17, 15) is 14.4 Å². The van der Waals surface area contributed by atoms with Crippen molar-refractivity contribution in [1.29, 1.82) is 0 Å². The number of carbonyl (C=O) groups is 3. The second kappa shape index (κ2) is 18.3. The van der Waals surface area contributed by atoms with E-state index in [4.69, 9.17) is 9.47 Å². The van der Waals surface area contributed by atoms with Gasteiger partial charge in [-0.25, -0.2) is 9.59 Å². The molecule has 254 valence electrons. The van der Waals surface area contributed by atoms with Gasteiger partial charge in [0.1, 0.15) is 12.6 Å². The van der Waals surface area contributed by atoms with Crippen molar-refractivity contribution in [1.82, 2.24) is 30.8 Å². The number of aromatic nitrogens is 2. The van der Waals surface area contributed by atoms with Gasteiger partial charge in [-0.3, -0.25) is 14.8 Å². The van der Waals surface area contributed by atoms with Crippen molar-refractivity contribution >= 4 is 40.7 Å². The third-order valence-corrected chi connectivity index (χ3v) is 9.53. The van der Waals surface area contributed by atoms with Gasteiger partial charge in [0.05, 0.1) is 29.0 Å². The van der Waals surface area contributed by atoms with Gasteiger partial charge in [-0.1, -0.05) is 60.7 Å². The Labute approximate surface area is 289 Å². The number of hydrogen-bond acceptors (Lipinski definition) is 9. The predicted molar refractivity (Wildman–Crippen MR) is 186 cm³/mol. The Bertz CT molecular complexity index is 1540. The van der Waals surface area contributed by atoms with Crippen LogP contribution in [0.5, 0.6) is 0 Å². The molecule has 2 aromatic carbocycles. The standard InChI is InChI=1S/C35H42N6O5S2/c1-45-22-32(40-34(43)41(29-14-15-29)20-30-18-36-23-47-30)33(42)38-27(16-25-8-4-2-5-9-25)12-13-28(17-26-10-6-3-7-11-26)39-35(44)46-21-31-19-37-24-48-31/h2-11,18-19,23-24,27-29,32H,12-17,20-22H2,1H3,(H,38,42)(H,39,44)(H,40,43)/t27-,28-,32-/m0/s1. The average Bonchev–Trinajstić information content (AvgIpc) is 3.54. The molecule has 2 heterocycles. The molecule has 5 rings (SSSR count). The molecular formula is C35H42N6O5S2. The van der Waals surface area contributed by atoms with Crippen LogP contribution in [0.2, 0.25) is 0 Å². The number of ether oxygens (including phenoxy) is 2. The number of benzene rings is 2. The fourth-order valence-electron chi connectivity index (χ4n) is 5.43. The Morgan fingerprint density at radius 2 is 1.42 bits per heavy atom. The number of hydrogen-bond donors (Lipinski definition) is 3.